The molecule has 0 bridgehead atoms. The lowest BCUT2D eigenvalue weighted by molar-refractivity contribution is -0.700. The van der Waals surface area contributed by atoms with E-state index in [1.807, 2.05) is 11.3 Å². The van der Waals surface area contributed by atoms with Crippen LogP contribution < -0.4 is 28.5 Å². The number of hydrogen-bond donors (Lipinski definition) is 0. The summed E-state index contributed by atoms with van der Waals surface area (Å²) < 4.78 is 2.35. The van der Waals surface area contributed by atoms with Crippen LogP contribution in [0.2, 0.25) is 0 Å². The molecule has 0 radical (unpaired) electrons. The molecule has 0 aliphatic carbocycles. The van der Waals surface area contributed by atoms with Crippen LogP contribution in [0.5, 0.6) is 0 Å². The molecule has 0 amide bonds. The largest absolute Gasteiger partial charge is 1.00 e. The van der Waals surface area contributed by atoms with E-state index in [0.29, 0.717) is 0 Å². The molecule has 3 heteroatoms. The van der Waals surface area contributed by atoms with Crippen LogP contribution in [0.15, 0.2) is 0 Å². The lowest BCUT2D eigenvalue weighted by Crippen LogP contribution is -3.00. The highest BCUT2D eigenvalue weighted by molar-refractivity contribution is 7.11. The molecule has 1 heterocycles. The SMILES string of the molecule is CC[n+]1c(C)sc(C)c1C.[I-]. The average Bonchev–Trinajstić information content (AvgIpc) is 2.09. The van der Waals surface area contributed by atoms with Crippen molar-refractivity contribution >= 4 is 11.3 Å². The summed E-state index contributed by atoms with van der Waals surface area (Å²) in [6.07, 6.45) is 0. The van der Waals surface area contributed by atoms with E-state index >= 15 is 0 Å². The molecule has 0 N–H and O–H groups in total. The van der Waals surface area contributed by atoms with E-state index in [1.165, 1.54) is 15.6 Å². The van der Waals surface area contributed by atoms with E-state index in [1.54, 1.807) is 0 Å². The molecule has 0 aliphatic heterocycles. The van der Waals surface area contributed by atoms with Crippen molar-refractivity contribution in [2.24, 2.45) is 0 Å². The Hall–Kier alpha value is 0.360. The lowest BCUT2D eigenvalue weighted by Gasteiger charge is -1.89. The van der Waals surface area contributed by atoms with Crippen molar-refractivity contribution in [3.05, 3.63) is 15.6 Å². The number of halogens is 1. The standard InChI is InChI=1S/C8H14NS.HI/c1-5-9-6(2)7(3)10-8(9)4;/h5H2,1-4H3;1H/q+1;/p-1. The van der Waals surface area contributed by atoms with Crippen LogP contribution >= 0.6 is 11.3 Å². The van der Waals surface area contributed by atoms with Gasteiger partial charge in [-0.1, -0.05) is 11.3 Å². The summed E-state index contributed by atoms with van der Waals surface area (Å²) in [6.45, 7) is 9.82. The van der Waals surface area contributed by atoms with Crippen LogP contribution in [0.4, 0.5) is 0 Å². The van der Waals surface area contributed by atoms with Crippen molar-refractivity contribution in [1.29, 1.82) is 0 Å². The van der Waals surface area contributed by atoms with Gasteiger partial charge in [-0.2, -0.15) is 4.57 Å². The van der Waals surface area contributed by atoms with E-state index in [2.05, 4.69) is 32.3 Å². The van der Waals surface area contributed by atoms with Crippen molar-refractivity contribution in [3.8, 4) is 0 Å². The molecule has 0 spiro atoms. The van der Waals surface area contributed by atoms with Gasteiger partial charge in [-0.05, 0) is 13.8 Å². The van der Waals surface area contributed by atoms with Gasteiger partial charge in [0.05, 0.1) is 4.88 Å². The van der Waals surface area contributed by atoms with Crippen molar-refractivity contribution in [2.75, 3.05) is 0 Å². The maximum Gasteiger partial charge on any atom is 0.234 e. The Balaban J connectivity index is 0.000001000. The first-order valence-electron chi connectivity index (χ1n) is 3.63. The number of aromatic nitrogens is 1. The molecular formula is C8H14INS. The van der Waals surface area contributed by atoms with E-state index in [-0.39, 0.29) is 24.0 Å². The maximum absolute atomic E-state index is 2.35. The van der Waals surface area contributed by atoms with E-state index in [9.17, 15) is 0 Å². The van der Waals surface area contributed by atoms with Crippen LogP contribution in [0.1, 0.15) is 22.5 Å². The molecule has 0 saturated heterocycles. The fraction of sp³-hybridized carbons (Fsp3) is 0.625. The van der Waals surface area contributed by atoms with Crippen molar-refractivity contribution in [2.45, 2.75) is 34.2 Å². The summed E-state index contributed by atoms with van der Waals surface area (Å²) in [4.78, 5) is 1.44. The second-order valence-corrected chi connectivity index (χ2v) is 3.91. The number of aryl methyl sites for hydroxylation is 2. The first-order chi connectivity index (χ1) is 4.66. The Morgan fingerprint density at radius 3 is 2.00 bits per heavy atom. The molecule has 64 valence electrons. The summed E-state index contributed by atoms with van der Waals surface area (Å²) in [7, 11) is 0. The first-order valence-corrected chi connectivity index (χ1v) is 4.45. The third-order valence-electron chi connectivity index (χ3n) is 1.91. The fourth-order valence-electron chi connectivity index (χ4n) is 1.24. The summed E-state index contributed by atoms with van der Waals surface area (Å²) in [6, 6.07) is 0. The van der Waals surface area contributed by atoms with Crippen LogP contribution in [0.25, 0.3) is 0 Å². The van der Waals surface area contributed by atoms with Crippen molar-refractivity contribution < 1.29 is 28.5 Å². The summed E-state index contributed by atoms with van der Waals surface area (Å²) in [5.74, 6) is 0. The van der Waals surface area contributed by atoms with Gasteiger partial charge in [-0.25, -0.2) is 0 Å². The van der Waals surface area contributed by atoms with Gasteiger partial charge >= 0.3 is 0 Å². The molecule has 0 aromatic carbocycles. The average molecular weight is 283 g/mol. The zero-order chi connectivity index (χ0) is 7.72. The number of thiazole rings is 1. The van der Waals surface area contributed by atoms with Crippen molar-refractivity contribution in [3.63, 3.8) is 0 Å². The number of hydrogen-bond acceptors (Lipinski definition) is 1. The highest BCUT2D eigenvalue weighted by Gasteiger charge is 2.14. The van der Waals surface area contributed by atoms with Crippen molar-refractivity contribution in [1.82, 2.24) is 0 Å². The minimum absolute atomic E-state index is 0. The molecule has 0 fully saturated rings. The normalized spacial score (nSPS) is 9.45. The van der Waals surface area contributed by atoms with E-state index in [4.69, 9.17) is 0 Å². The molecule has 1 rings (SSSR count). The van der Waals surface area contributed by atoms with E-state index in [0.717, 1.165) is 6.54 Å². The third-order valence-corrected chi connectivity index (χ3v) is 3.03. The Labute approximate surface area is 89.5 Å². The minimum atomic E-state index is 0. The second-order valence-electron chi connectivity index (χ2n) is 2.51. The van der Waals surface area contributed by atoms with Gasteiger partial charge in [0.1, 0.15) is 6.54 Å². The summed E-state index contributed by atoms with van der Waals surface area (Å²) >= 11 is 1.88. The van der Waals surface area contributed by atoms with Gasteiger partial charge in [0.25, 0.3) is 0 Å². The third kappa shape index (κ3) is 2.15. The number of nitrogens with zero attached hydrogens (tertiary/aromatic N) is 1. The van der Waals surface area contributed by atoms with Crippen LogP contribution in [-0.4, -0.2) is 0 Å². The second kappa shape index (κ2) is 4.40. The molecule has 1 aromatic heterocycles. The molecule has 0 unspecified atom stereocenters. The predicted molar refractivity (Wildman–Crippen MR) is 44.4 cm³/mol. The smallest absolute Gasteiger partial charge is 0.234 e. The maximum atomic E-state index is 2.35. The van der Waals surface area contributed by atoms with Gasteiger partial charge < -0.3 is 24.0 Å². The monoisotopic (exact) mass is 283 g/mol. The molecule has 11 heavy (non-hydrogen) atoms. The van der Waals surface area contributed by atoms with Gasteiger partial charge in [0.2, 0.25) is 5.01 Å². The Morgan fingerprint density at radius 1 is 1.27 bits per heavy atom. The van der Waals surface area contributed by atoms with Gasteiger partial charge in [0.15, 0.2) is 5.69 Å². The first kappa shape index (κ1) is 11.4. The van der Waals surface area contributed by atoms with Crippen LogP contribution in [-0.2, 0) is 6.54 Å². The zero-order valence-electron chi connectivity index (χ0n) is 7.44. The topological polar surface area (TPSA) is 3.88 Å². The molecule has 0 aliphatic rings. The Bertz CT molecular complexity index is 242. The van der Waals surface area contributed by atoms with Crippen LogP contribution in [0.3, 0.4) is 0 Å². The number of rotatable bonds is 1. The van der Waals surface area contributed by atoms with Gasteiger partial charge in [0, 0.05) is 13.8 Å². The molecule has 1 nitrogen and oxygen atoms in total. The summed E-state index contributed by atoms with van der Waals surface area (Å²) in [5.41, 5.74) is 1.42. The molecule has 0 atom stereocenters. The zero-order valence-corrected chi connectivity index (χ0v) is 10.4. The highest BCUT2D eigenvalue weighted by Crippen LogP contribution is 2.12. The Kier molecular flexibility index (Phi) is 4.55. The van der Waals surface area contributed by atoms with E-state index < -0.39 is 0 Å². The van der Waals surface area contributed by atoms with Gasteiger partial charge in [-0.15, -0.1) is 0 Å². The van der Waals surface area contributed by atoms with Gasteiger partial charge in [-0.3, -0.25) is 0 Å². The predicted octanol–water partition coefficient (Wildman–Crippen LogP) is -1.02. The molecular weight excluding hydrogens is 269 g/mol. The Morgan fingerprint density at radius 2 is 1.82 bits per heavy atom. The minimum Gasteiger partial charge on any atom is -1.00 e. The molecule has 1 aromatic rings. The molecule has 0 saturated carbocycles. The summed E-state index contributed by atoms with van der Waals surface area (Å²) in [5, 5.41) is 1.41. The fourth-order valence-corrected chi connectivity index (χ4v) is 2.31. The quantitative estimate of drug-likeness (QED) is 0.459. The lowest BCUT2D eigenvalue weighted by atomic mass is 10.4. The highest BCUT2D eigenvalue weighted by atomic mass is 127. The van der Waals surface area contributed by atoms with Crippen LogP contribution in [0, 0.1) is 20.8 Å².